The van der Waals surface area contributed by atoms with Crippen LogP contribution < -0.4 is 10.6 Å². The summed E-state index contributed by atoms with van der Waals surface area (Å²) in [7, 11) is -0.0401. The van der Waals surface area contributed by atoms with E-state index in [2.05, 4.69) is 14.7 Å². The highest BCUT2D eigenvalue weighted by Gasteiger charge is 2.32. The number of anilines is 2. The van der Waals surface area contributed by atoms with Crippen molar-refractivity contribution >= 4 is 34.3 Å². The van der Waals surface area contributed by atoms with Gasteiger partial charge in [0.2, 0.25) is 11.1 Å². The molecular weight excluding hydrogens is 368 g/mol. The van der Waals surface area contributed by atoms with E-state index in [-0.39, 0.29) is 29.8 Å². The molecule has 142 valence electrons. The Morgan fingerprint density at radius 1 is 1.30 bits per heavy atom. The molecule has 1 unspecified atom stereocenters. The molecule has 1 aromatic carbocycles. The minimum Gasteiger partial charge on any atom is -0.465 e. The molecule has 1 aromatic heterocycles. The quantitative estimate of drug-likeness (QED) is 0.588. The molecule has 2 aromatic rings. The Bertz CT molecular complexity index is 914. The molecule has 0 saturated heterocycles. The van der Waals surface area contributed by atoms with Crippen LogP contribution in [0.2, 0.25) is 0 Å². The second kappa shape index (κ2) is 7.83. The van der Waals surface area contributed by atoms with Crippen LogP contribution in [0, 0.1) is 0 Å². The molecule has 0 radical (unpaired) electrons. The van der Waals surface area contributed by atoms with Crippen LogP contribution in [0.15, 0.2) is 29.4 Å². The van der Waals surface area contributed by atoms with E-state index >= 15 is 0 Å². The number of carbonyl (C=O) groups is 2. The maximum absolute atomic E-state index is 12.5. The molecule has 0 aliphatic carbocycles. The van der Waals surface area contributed by atoms with Crippen molar-refractivity contribution in [3.8, 4) is 0 Å². The van der Waals surface area contributed by atoms with E-state index in [1.165, 1.54) is 12.0 Å². The van der Waals surface area contributed by atoms with Gasteiger partial charge < -0.3 is 10.5 Å². The Morgan fingerprint density at radius 2 is 2.00 bits per heavy atom. The monoisotopic (exact) mass is 388 g/mol. The predicted octanol–water partition coefficient (Wildman–Crippen LogP) is 1.45. The van der Waals surface area contributed by atoms with E-state index < -0.39 is 16.8 Å². The van der Waals surface area contributed by atoms with Crippen molar-refractivity contribution in [1.82, 2.24) is 9.97 Å². The summed E-state index contributed by atoms with van der Waals surface area (Å²) < 4.78 is 16.9. The van der Waals surface area contributed by atoms with Gasteiger partial charge in [0.1, 0.15) is 11.6 Å². The van der Waals surface area contributed by atoms with Gasteiger partial charge in [-0.1, -0.05) is 19.1 Å². The van der Waals surface area contributed by atoms with Crippen molar-refractivity contribution in [3.05, 3.63) is 41.0 Å². The molecule has 0 bridgehead atoms. The molecular formula is C18H20N4O4S. The number of methoxy groups -OCH3 is 1. The van der Waals surface area contributed by atoms with Crippen LogP contribution in [0.3, 0.4) is 0 Å². The van der Waals surface area contributed by atoms with Crippen LogP contribution in [0.25, 0.3) is 0 Å². The van der Waals surface area contributed by atoms with Crippen LogP contribution in [0.5, 0.6) is 0 Å². The summed E-state index contributed by atoms with van der Waals surface area (Å²) in [6.07, 6.45) is 0.838. The number of aromatic nitrogens is 2. The fourth-order valence-corrected chi connectivity index (χ4v) is 3.76. The summed E-state index contributed by atoms with van der Waals surface area (Å²) in [5.41, 5.74) is 7.78. The Kier molecular flexibility index (Phi) is 5.50. The van der Waals surface area contributed by atoms with Crippen molar-refractivity contribution in [1.29, 1.82) is 0 Å². The second-order valence-corrected chi connectivity index (χ2v) is 7.55. The Hall–Kier alpha value is -2.81. The maximum Gasteiger partial charge on any atom is 0.337 e. The number of fused-ring (bicyclic) bond motifs is 1. The van der Waals surface area contributed by atoms with Crippen LogP contribution >= 0.6 is 0 Å². The van der Waals surface area contributed by atoms with Crippen molar-refractivity contribution in [2.45, 2.75) is 31.5 Å². The van der Waals surface area contributed by atoms with Gasteiger partial charge in [-0.2, -0.15) is 0 Å². The first-order valence-corrected chi connectivity index (χ1v) is 9.78. The van der Waals surface area contributed by atoms with Gasteiger partial charge >= 0.3 is 5.97 Å². The number of nitrogens with two attached hydrogens (primary N) is 1. The minimum atomic E-state index is -1.36. The molecule has 1 aliphatic heterocycles. The third kappa shape index (κ3) is 3.82. The standard InChI is InChI=1S/C18H20N4O4S/c1-3-8-27(25)18-20-15(19)13-9-14(23)22(16(13)21-18)10-11-4-6-12(7-5-11)17(24)26-2/h4-7H,3,8-10H2,1-2H3,(H2,19,20,21). The van der Waals surface area contributed by atoms with E-state index in [0.29, 0.717) is 22.7 Å². The summed E-state index contributed by atoms with van der Waals surface area (Å²) >= 11 is 0. The molecule has 9 heteroatoms. The largest absolute Gasteiger partial charge is 0.465 e. The number of benzene rings is 1. The Labute approximate surface area is 159 Å². The molecule has 0 fully saturated rings. The van der Waals surface area contributed by atoms with Crippen LogP contribution in [0.1, 0.15) is 34.8 Å². The summed E-state index contributed by atoms with van der Waals surface area (Å²) in [5, 5.41) is 0.147. The zero-order chi connectivity index (χ0) is 19.6. The lowest BCUT2D eigenvalue weighted by molar-refractivity contribution is -0.117. The molecule has 8 nitrogen and oxygen atoms in total. The predicted molar refractivity (Wildman–Crippen MR) is 101 cm³/mol. The lowest BCUT2D eigenvalue weighted by Gasteiger charge is -2.17. The number of nitrogen functional groups attached to an aromatic ring is 1. The molecule has 2 heterocycles. The minimum absolute atomic E-state index is 0.113. The Balaban J connectivity index is 1.89. The smallest absolute Gasteiger partial charge is 0.337 e. The van der Waals surface area contributed by atoms with Crippen LogP contribution in [-0.2, 0) is 33.3 Å². The van der Waals surface area contributed by atoms with E-state index in [9.17, 15) is 13.8 Å². The highest BCUT2D eigenvalue weighted by Crippen LogP contribution is 2.32. The SMILES string of the molecule is CCCS(=O)c1nc(N)c2c(n1)N(Cc1ccc(C(=O)OC)cc1)C(=O)C2. The van der Waals surface area contributed by atoms with Crippen LogP contribution in [0.4, 0.5) is 11.6 Å². The first-order valence-electron chi connectivity index (χ1n) is 8.47. The number of nitrogens with zero attached hydrogens (tertiary/aromatic N) is 3. The number of amides is 1. The van der Waals surface area contributed by atoms with Gasteiger partial charge in [0.15, 0.2) is 0 Å². The molecule has 3 rings (SSSR count). The number of esters is 1. The zero-order valence-electron chi connectivity index (χ0n) is 15.1. The lowest BCUT2D eigenvalue weighted by Crippen LogP contribution is -2.27. The number of hydrogen-bond donors (Lipinski definition) is 1. The molecule has 2 N–H and O–H groups in total. The van der Waals surface area contributed by atoms with Gasteiger partial charge in [0.25, 0.3) is 0 Å². The molecule has 1 atom stereocenters. The maximum atomic E-state index is 12.5. The van der Waals surface area contributed by atoms with Gasteiger partial charge in [-0.25, -0.2) is 14.8 Å². The number of carbonyl (C=O) groups excluding carboxylic acids is 2. The van der Waals surface area contributed by atoms with Gasteiger partial charge in [0.05, 0.1) is 36.4 Å². The van der Waals surface area contributed by atoms with Crippen LogP contribution in [-0.4, -0.2) is 38.9 Å². The van der Waals surface area contributed by atoms with Gasteiger partial charge in [-0.3, -0.25) is 13.9 Å². The van der Waals surface area contributed by atoms with E-state index in [1.807, 2.05) is 6.92 Å². The summed E-state index contributed by atoms with van der Waals surface area (Å²) in [4.78, 5) is 34.0. The highest BCUT2D eigenvalue weighted by atomic mass is 32.2. The third-order valence-electron chi connectivity index (χ3n) is 4.19. The van der Waals surface area contributed by atoms with E-state index in [4.69, 9.17) is 5.73 Å². The number of rotatable bonds is 6. The topological polar surface area (TPSA) is 115 Å². The second-order valence-electron chi connectivity index (χ2n) is 6.09. The highest BCUT2D eigenvalue weighted by molar-refractivity contribution is 7.84. The number of ether oxygens (including phenoxy) is 1. The molecule has 1 amide bonds. The molecule has 0 spiro atoms. The van der Waals surface area contributed by atoms with E-state index in [1.54, 1.807) is 24.3 Å². The third-order valence-corrected chi connectivity index (χ3v) is 5.56. The summed E-state index contributed by atoms with van der Waals surface area (Å²) in [6.45, 7) is 2.19. The first-order chi connectivity index (χ1) is 12.9. The summed E-state index contributed by atoms with van der Waals surface area (Å²) in [6, 6.07) is 6.77. The normalized spacial score (nSPS) is 14.1. The van der Waals surface area contributed by atoms with Gasteiger partial charge in [-0.05, 0) is 24.1 Å². The first kappa shape index (κ1) is 19.0. The Morgan fingerprint density at radius 3 is 2.63 bits per heavy atom. The van der Waals surface area contributed by atoms with Gasteiger partial charge in [0, 0.05) is 11.3 Å². The van der Waals surface area contributed by atoms with Crippen molar-refractivity contribution in [2.24, 2.45) is 0 Å². The van der Waals surface area contributed by atoms with Crippen molar-refractivity contribution < 1.29 is 18.5 Å². The lowest BCUT2D eigenvalue weighted by atomic mass is 10.1. The van der Waals surface area contributed by atoms with Crippen molar-refractivity contribution in [3.63, 3.8) is 0 Å². The summed E-state index contributed by atoms with van der Waals surface area (Å²) in [5.74, 6) is 0.454. The average Bonchev–Trinajstić information content (AvgIpc) is 2.98. The molecule has 0 saturated carbocycles. The average molecular weight is 388 g/mol. The fraction of sp³-hybridized carbons (Fsp3) is 0.333. The van der Waals surface area contributed by atoms with Crippen molar-refractivity contribution in [2.75, 3.05) is 23.5 Å². The van der Waals surface area contributed by atoms with E-state index in [0.717, 1.165) is 12.0 Å². The zero-order valence-corrected chi connectivity index (χ0v) is 15.9. The number of hydrogen-bond acceptors (Lipinski definition) is 7. The van der Waals surface area contributed by atoms with Gasteiger partial charge in [-0.15, -0.1) is 0 Å². The molecule has 27 heavy (non-hydrogen) atoms. The molecule has 1 aliphatic rings. The fourth-order valence-electron chi connectivity index (χ4n) is 2.81.